The number of fused-ring (bicyclic) bond motifs is 4. The minimum absolute atomic E-state index is 0.739. The highest BCUT2D eigenvalue weighted by molar-refractivity contribution is 6.31. The van der Waals surface area contributed by atoms with Gasteiger partial charge < -0.3 is 9.88 Å². The molecule has 2 nitrogen and oxygen atoms in total. The number of hydrogen-bond donors (Lipinski definition) is 1. The van der Waals surface area contributed by atoms with Gasteiger partial charge in [0.15, 0.2) is 0 Å². The summed E-state index contributed by atoms with van der Waals surface area (Å²) >= 11 is 12.4. The summed E-state index contributed by atoms with van der Waals surface area (Å²) in [6.07, 6.45) is 0. The fourth-order valence-corrected chi connectivity index (χ4v) is 4.15. The average Bonchev–Trinajstić information content (AvgIpc) is 2.94. The highest BCUT2D eigenvalue weighted by Crippen LogP contribution is 2.44. The maximum atomic E-state index is 6.31. The largest absolute Gasteiger partial charge is 0.341 e. The molecule has 4 heteroatoms. The fraction of sp³-hybridized carbons (Fsp3) is 0.0909. The Morgan fingerprint density at radius 3 is 2.50 bits per heavy atom. The summed E-state index contributed by atoms with van der Waals surface area (Å²) in [7, 11) is 0. The highest BCUT2D eigenvalue weighted by Gasteiger charge is 2.24. The van der Waals surface area contributed by atoms with Crippen LogP contribution in [0.15, 0.2) is 60.7 Å². The Hall–Kier alpha value is -2.42. The van der Waals surface area contributed by atoms with E-state index >= 15 is 0 Å². The molecule has 3 aromatic carbocycles. The van der Waals surface area contributed by atoms with Crippen molar-refractivity contribution in [2.24, 2.45) is 0 Å². The van der Waals surface area contributed by atoms with Crippen LogP contribution in [0.25, 0.3) is 22.0 Å². The van der Waals surface area contributed by atoms with Crippen LogP contribution in [-0.2, 0) is 6.54 Å². The van der Waals surface area contributed by atoms with E-state index in [4.69, 9.17) is 23.2 Å². The Morgan fingerprint density at radius 2 is 1.69 bits per heavy atom. The molecule has 0 fully saturated rings. The van der Waals surface area contributed by atoms with E-state index in [1.54, 1.807) is 0 Å². The summed E-state index contributed by atoms with van der Waals surface area (Å²) in [6, 6.07) is 20.5. The molecular formula is C22H16Cl2N2. The first-order valence-corrected chi connectivity index (χ1v) is 9.30. The van der Waals surface area contributed by atoms with Gasteiger partial charge in [0, 0.05) is 26.7 Å². The first-order valence-electron chi connectivity index (χ1n) is 8.55. The third kappa shape index (κ3) is 2.33. The van der Waals surface area contributed by atoms with Crippen LogP contribution in [0.5, 0.6) is 0 Å². The van der Waals surface area contributed by atoms with E-state index in [-0.39, 0.29) is 0 Å². The normalized spacial score (nSPS) is 12.6. The molecule has 1 N–H and O–H groups in total. The van der Waals surface area contributed by atoms with Gasteiger partial charge in [-0.05, 0) is 47.9 Å². The van der Waals surface area contributed by atoms with Crippen molar-refractivity contribution >= 4 is 45.6 Å². The Balaban J connectivity index is 1.83. The van der Waals surface area contributed by atoms with Crippen LogP contribution in [0.1, 0.15) is 11.1 Å². The summed E-state index contributed by atoms with van der Waals surface area (Å²) in [6.45, 7) is 2.97. The molecule has 2 heterocycles. The van der Waals surface area contributed by atoms with Gasteiger partial charge in [-0.2, -0.15) is 0 Å². The number of nitrogens with one attached hydrogen (secondary N) is 1. The standard InChI is InChI=1S/C22H16Cl2N2/c1-13-3-2-4-15-12-26-19-11-17(24)9-10-18(19)20(22(26)25-21(13)15)14-5-7-16(23)8-6-14/h2-11,25H,12H2,1H3. The molecule has 0 amide bonds. The van der Waals surface area contributed by atoms with Crippen LogP contribution < -0.4 is 5.32 Å². The molecular weight excluding hydrogens is 363 g/mol. The summed E-state index contributed by atoms with van der Waals surface area (Å²) in [5.41, 5.74) is 7.19. The first-order chi connectivity index (χ1) is 12.6. The van der Waals surface area contributed by atoms with Gasteiger partial charge in [0.05, 0.1) is 12.1 Å². The molecule has 26 heavy (non-hydrogen) atoms. The van der Waals surface area contributed by atoms with E-state index in [2.05, 4.69) is 53.2 Å². The van der Waals surface area contributed by atoms with Crippen molar-refractivity contribution in [3.63, 3.8) is 0 Å². The smallest absolute Gasteiger partial charge is 0.119 e. The monoisotopic (exact) mass is 378 g/mol. The molecule has 1 aliphatic heterocycles. The quantitative estimate of drug-likeness (QED) is 0.331. The molecule has 0 aliphatic carbocycles. The Bertz CT molecular complexity index is 1160. The molecule has 128 valence electrons. The first kappa shape index (κ1) is 15.8. The van der Waals surface area contributed by atoms with Crippen molar-refractivity contribution in [1.29, 1.82) is 0 Å². The van der Waals surface area contributed by atoms with Gasteiger partial charge in [0.2, 0.25) is 0 Å². The lowest BCUT2D eigenvalue weighted by Gasteiger charge is -2.24. The second-order valence-electron chi connectivity index (χ2n) is 6.71. The van der Waals surface area contributed by atoms with Crippen LogP contribution >= 0.6 is 23.2 Å². The van der Waals surface area contributed by atoms with Crippen molar-refractivity contribution < 1.29 is 0 Å². The highest BCUT2D eigenvalue weighted by atomic mass is 35.5. The molecule has 4 aromatic rings. The van der Waals surface area contributed by atoms with Crippen LogP contribution in [0, 0.1) is 6.92 Å². The maximum absolute atomic E-state index is 6.31. The lowest BCUT2D eigenvalue weighted by molar-refractivity contribution is 0.827. The van der Waals surface area contributed by atoms with Gasteiger partial charge in [-0.1, -0.05) is 59.6 Å². The van der Waals surface area contributed by atoms with Gasteiger partial charge in [-0.15, -0.1) is 0 Å². The van der Waals surface area contributed by atoms with Crippen LogP contribution in [0.4, 0.5) is 11.5 Å². The molecule has 1 aromatic heterocycles. The van der Waals surface area contributed by atoms with Crippen molar-refractivity contribution in [3.05, 3.63) is 81.8 Å². The molecule has 0 spiro atoms. The molecule has 1 aliphatic rings. The fourth-order valence-electron chi connectivity index (χ4n) is 3.85. The second kappa shape index (κ2) is 5.80. The molecule has 0 unspecified atom stereocenters. The third-order valence-electron chi connectivity index (χ3n) is 5.09. The minimum Gasteiger partial charge on any atom is -0.341 e. The predicted molar refractivity (Wildman–Crippen MR) is 111 cm³/mol. The molecule has 0 saturated heterocycles. The second-order valence-corrected chi connectivity index (χ2v) is 7.59. The molecule has 5 rings (SSSR count). The predicted octanol–water partition coefficient (Wildman–Crippen LogP) is 7.03. The van der Waals surface area contributed by atoms with E-state index in [1.165, 1.54) is 27.8 Å². The zero-order valence-corrected chi connectivity index (χ0v) is 15.7. The Morgan fingerprint density at radius 1 is 0.923 bits per heavy atom. The number of para-hydroxylation sites is 1. The van der Waals surface area contributed by atoms with Crippen molar-refractivity contribution in [3.8, 4) is 11.1 Å². The van der Waals surface area contributed by atoms with Crippen molar-refractivity contribution in [2.45, 2.75) is 13.5 Å². The lowest BCUT2D eigenvalue weighted by atomic mass is 10.0. The minimum atomic E-state index is 0.739. The van der Waals surface area contributed by atoms with Crippen LogP contribution in [0.2, 0.25) is 10.0 Å². The van der Waals surface area contributed by atoms with E-state index in [0.717, 1.165) is 33.5 Å². The van der Waals surface area contributed by atoms with E-state index in [0.29, 0.717) is 0 Å². The SMILES string of the molecule is Cc1cccc2c1Nc1c(-c3ccc(Cl)cc3)c3ccc(Cl)cc3n1C2. The zero-order valence-electron chi connectivity index (χ0n) is 14.2. The Labute approximate surface area is 162 Å². The lowest BCUT2D eigenvalue weighted by Crippen LogP contribution is -2.13. The van der Waals surface area contributed by atoms with Crippen molar-refractivity contribution in [2.75, 3.05) is 5.32 Å². The van der Waals surface area contributed by atoms with Crippen LogP contribution in [-0.4, -0.2) is 4.57 Å². The third-order valence-corrected chi connectivity index (χ3v) is 5.58. The molecule has 0 radical (unpaired) electrons. The zero-order chi connectivity index (χ0) is 17.8. The number of halogens is 2. The number of aromatic nitrogens is 1. The number of anilines is 2. The van der Waals surface area contributed by atoms with E-state index < -0.39 is 0 Å². The molecule has 0 bridgehead atoms. The Kier molecular flexibility index (Phi) is 3.53. The summed E-state index contributed by atoms with van der Waals surface area (Å²) in [4.78, 5) is 0. The summed E-state index contributed by atoms with van der Waals surface area (Å²) in [5, 5.41) is 6.36. The van der Waals surface area contributed by atoms with Gasteiger partial charge in [-0.25, -0.2) is 0 Å². The number of hydrogen-bond acceptors (Lipinski definition) is 1. The van der Waals surface area contributed by atoms with E-state index in [9.17, 15) is 0 Å². The van der Waals surface area contributed by atoms with Crippen LogP contribution in [0.3, 0.4) is 0 Å². The number of rotatable bonds is 1. The molecule has 0 saturated carbocycles. The number of benzene rings is 3. The average molecular weight is 379 g/mol. The molecule has 0 atom stereocenters. The topological polar surface area (TPSA) is 17.0 Å². The van der Waals surface area contributed by atoms with Gasteiger partial charge in [0.25, 0.3) is 0 Å². The summed E-state index contributed by atoms with van der Waals surface area (Å²) < 4.78 is 2.31. The maximum Gasteiger partial charge on any atom is 0.119 e. The van der Waals surface area contributed by atoms with Crippen molar-refractivity contribution in [1.82, 2.24) is 4.57 Å². The number of nitrogens with zero attached hydrogens (tertiary/aromatic N) is 1. The van der Waals surface area contributed by atoms with Gasteiger partial charge >= 0.3 is 0 Å². The van der Waals surface area contributed by atoms with Gasteiger partial charge in [-0.3, -0.25) is 0 Å². The summed E-state index contributed by atoms with van der Waals surface area (Å²) in [5.74, 6) is 1.10. The van der Waals surface area contributed by atoms with E-state index in [1.807, 2.05) is 24.3 Å². The number of aryl methyl sites for hydroxylation is 1. The van der Waals surface area contributed by atoms with Gasteiger partial charge in [0.1, 0.15) is 5.82 Å².